The van der Waals surface area contributed by atoms with Crippen LogP contribution in [0, 0.1) is 12.7 Å². The normalized spacial score (nSPS) is 9.50. The van der Waals surface area contributed by atoms with E-state index in [1.807, 2.05) is 0 Å². The second-order valence-electron chi connectivity index (χ2n) is 2.57. The van der Waals surface area contributed by atoms with Crippen LogP contribution in [-0.4, -0.2) is 6.72 Å². The highest BCUT2D eigenvalue weighted by atomic mass is 19.1. The van der Waals surface area contributed by atoms with Gasteiger partial charge in [0.1, 0.15) is 5.82 Å². The number of aliphatic imine (C=N–C) groups is 1. The van der Waals surface area contributed by atoms with E-state index in [1.54, 1.807) is 19.1 Å². The lowest BCUT2D eigenvalue weighted by Gasteiger charge is -2.00. The topological polar surface area (TPSA) is 12.4 Å². The van der Waals surface area contributed by atoms with E-state index < -0.39 is 0 Å². The molecule has 0 aliphatic heterocycles. The van der Waals surface area contributed by atoms with E-state index in [9.17, 15) is 4.39 Å². The summed E-state index contributed by atoms with van der Waals surface area (Å²) < 4.78 is 13.0. The highest BCUT2D eigenvalue weighted by Gasteiger charge is 2.00. The summed E-state index contributed by atoms with van der Waals surface area (Å²) in [7, 11) is 0. The standard InChI is InChI=1S/C10H10FN/c1-7-4-5-9(6-10(7)11)8(2)12-3/h4-6H,2-3H2,1H3. The summed E-state index contributed by atoms with van der Waals surface area (Å²) in [6, 6.07) is 4.88. The Morgan fingerprint density at radius 2 is 2.17 bits per heavy atom. The van der Waals surface area contributed by atoms with Crippen LogP contribution in [0.5, 0.6) is 0 Å². The first-order valence-electron chi connectivity index (χ1n) is 3.57. The first kappa shape index (κ1) is 8.65. The van der Waals surface area contributed by atoms with Gasteiger partial charge in [-0.2, -0.15) is 0 Å². The van der Waals surface area contributed by atoms with E-state index in [2.05, 4.69) is 18.3 Å². The number of halogens is 1. The summed E-state index contributed by atoms with van der Waals surface area (Å²) in [5.74, 6) is -0.239. The van der Waals surface area contributed by atoms with Crippen LogP contribution in [0.3, 0.4) is 0 Å². The van der Waals surface area contributed by atoms with Gasteiger partial charge in [0.15, 0.2) is 0 Å². The Kier molecular flexibility index (Phi) is 2.38. The number of benzene rings is 1. The van der Waals surface area contributed by atoms with Gasteiger partial charge in [0.05, 0.1) is 5.70 Å². The second-order valence-corrected chi connectivity index (χ2v) is 2.57. The minimum atomic E-state index is -0.239. The first-order chi connectivity index (χ1) is 5.65. The third kappa shape index (κ3) is 1.59. The van der Waals surface area contributed by atoms with Gasteiger partial charge in [-0.25, -0.2) is 4.39 Å². The van der Waals surface area contributed by atoms with Crippen molar-refractivity contribution in [2.24, 2.45) is 4.99 Å². The van der Waals surface area contributed by atoms with Crippen LogP contribution in [0.25, 0.3) is 5.70 Å². The SMILES string of the molecule is C=NC(=C)c1ccc(C)c(F)c1. The molecule has 0 saturated carbocycles. The minimum absolute atomic E-state index is 0.239. The van der Waals surface area contributed by atoms with Gasteiger partial charge in [-0.05, 0) is 25.3 Å². The average Bonchev–Trinajstić information content (AvgIpc) is 2.08. The smallest absolute Gasteiger partial charge is 0.126 e. The second kappa shape index (κ2) is 3.30. The van der Waals surface area contributed by atoms with Crippen molar-refractivity contribution in [3.05, 3.63) is 41.7 Å². The zero-order valence-corrected chi connectivity index (χ0v) is 6.97. The van der Waals surface area contributed by atoms with Gasteiger partial charge in [-0.15, -0.1) is 0 Å². The van der Waals surface area contributed by atoms with Crippen LogP contribution >= 0.6 is 0 Å². The maximum Gasteiger partial charge on any atom is 0.126 e. The van der Waals surface area contributed by atoms with Gasteiger partial charge in [-0.1, -0.05) is 18.7 Å². The van der Waals surface area contributed by atoms with E-state index in [1.165, 1.54) is 6.07 Å². The Labute approximate surface area is 71.3 Å². The number of nitrogens with zero attached hydrogens (tertiary/aromatic N) is 1. The molecule has 1 nitrogen and oxygen atoms in total. The molecule has 0 unspecified atom stereocenters. The fourth-order valence-corrected chi connectivity index (χ4v) is 0.864. The molecule has 0 radical (unpaired) electrons. The Balaban J connectivity index is 3.13. The predicted octanol–water partition coefficient (Wildman–Crippen LogP) is 2.81. The summed E-state index contributed by atoms with van der Waals surface area (Å²) >= 11 is 0. The molecule has 0 fully saturated rings. The molecule has 0 aliphatic carbocycles. The molecule has 0 heterocycles. The molecule has 1 rings (SSSR count). The van der Waals surface area contributed by atoms with E-state index in [4.69, 9.17) is 0 Å². The highest BCUT2D eigenvalue weighted by Crippen LogP contribution is 2.16. The molecule has 0 spiro atoms. The van der Waals surface area contributed by atoms with Crippen LogP contribution in [0.4, 0.5) is 4.39 Å². The van der Waals surface area contributed by atoms with E-state index in [0.717, 1.165) is 0 Å². The predicted molar refractivity (Wildman–Crippen MR) is 49.7 cm³/mol. The van der Waals surface area contributed by atoms with Crippen molar-refractivity contribution >= 4 is 12.4 Å². The Morgan fingerprint density at radius 1 is 1.50 bits per heavy atom. The molecule has 12 heavy (non-hydrogen) atoms. The molecule has 0 amide bonds. The highest BCUT2D eigenvalue weighted by molar-refractivity contribution is 5.65. The van der Waals surface area contributed by atoms with Gasteiger partial charge < -0.3 is 0 Å². The number of aryl methyl sites for hydroxylation is 1. The van der Waals surface area contributed by atoms with Crippen molar-refractivity contribution in [3.8, 4) is 0 Å². The van der Waals surface area contributed by atoms with Crippen LogP contribution in [0.15, 0.2) is 29.8 Å². The molecule has 2 heteroatoms. The fourth-order valence-electron chi connectivity index (χ4n) is 0.864. The number of hydrogen-bond donors (Lipinski definition) is 0. The molecule has 1 aromatic rings. The van der Waals surface area contributed by atoms with Crippen molar-refractivity contribution in [1.82, 2.24) is 0 Å². The molecular formula is C10H10FN. The van der Waals surface area contributed by atoms with Gasteiger partial charge in [-0.3, -0.25) is 4.99 Å². The van der Waals surface area contributed by atoms with Crippen LogP contribution < -0.4 is 0 Å². The van der Waals surface area contributed by atoms with Crippen molar-refractivity contribution in [2.45, 2.75) is 6.92 Å². The van der Waals surface area contributed by atoms with Crippen molar-refractivity contribution in [1.29, 1.82) is 0 Å². The molecule has 0 aromatic heterocycles. The van der Waals surface area contributed by atoms with Crippen LogP contribution in [0.2, 0.25) is 0 Å². The zero-order valence-electron chi connectivity index (χ0n) is 6.97. The third-order valence-electron chi connectivity index (χ3n) is 1.70. The quantitative estimate of drug-likeness (QED) is 0.594. The Bertz CT molecular complexity index is 329. The monoisotopic (exact) mass is 163 g/mol. The average molecular weight is 163 g/mol. The Hall–Kier alpha value is -1.44. The van der Waals surface area contributed by atoms with E-state index in [0.29, 0.717) is 16.8 Å². The largest absolute Gasteiger partial charge is 0.265 e. The first-order valence-corrected chi connectivity index (χ1v) is 3.57. The molecule has 1 aromatic carbocycles. The van der Waals surface area contributed by atoms with Gasteiger partial charge in [0.2, 0.25) is 0 Å². The lowest BCUT2D eigenvalue weighted by atomic mass is 10.1. The molecule has 0 atom stereocenters. The third-order valence-corrected chi connectivity index (χ3v) is 1.70. The van der Waals surface area contributed by atoms with Crippen LogP contribution in [-0.2, 0) is 0 Å². The summed E-state index contributed by atoms with van der Waals surface area (Å²) in [5, 5.41) is 0. The lowest BCUT2D eigenvalue weighted by molar-refractivity contribution is 0.618. The maximum absolute atomic E-state index is 13.0. The molecule has 0 aliphatic rings. The molecular weight excluding hydrogens is 153 g/mol. The van der Waals surface area contributed by atoms with Crippen LogP contribution in [0.1, 0.15) is 11.1 Å². The lowest BCUT2D eigenvalue weighted by Crippen LogP contribution is -1.85. The fraction of sp³-hybridized carbons (Fsp3) is 0.100. The van der Waals surface area contributed by atoms with Gasteiger partial charge in [0, 0.05) is 5.56 Å². The van der Waals surface area contributed by atoms with E-state index >= 15 is 0 Å². The number of rotatable bonds is 2. The van der Waals surface area contributed by atoms with Gasteiger partial charge >= 0.3 is 0 Å². The molecule has 0 bridgehead atoms. The van der Waals surface area contributed by atoms with Crippen molar-refractivity contribution < 1.29 is 4.39 Å². The zero-order chi connectivity index (χ0) is 9.14. The number of hydrogen-bond acceptors (Lipinski definition) is 1. The maximum atomic E-state index is 13.0. The molecule has 62 valence electrons. The summed E-state index contributed by atoms with van der Waals surface area (Å²) in [5.41, 5.74) is 1.79. The van der Waals surface area contributed by atoms with Crippen molar-refractivity contribution in [3.63, 3.8) is 0 Å². The summed E-state index contributed by atoms with van der Waals surface area (Å²) in [6.45, 7) is 8.65. The summed E-state index contributed by atoms with van der Waals surface area (Å²) in [4.78, 5) is 3.62. The van der Waals surface area contributed by atoms with E-state index in [-0.39, 0.29) is 5.82 Å². The van der Waals surface area contributed by atoms with Gasteiger partial charge in [0.25, 0.3) is 0 Å². The summed E-state index contributed by atoms with van der Waals surface area (Å²) in [6.07, 6.45) is 0. The minimum Gasteiger partial charge on any atom is -0.265 e. The molecule has 0 saturated heterocycles. The molecule has 0 N–H and O–H groups in total. The van der Waals surface area contributed by atoms with Crippen molar-refractivity contribution in [2.75, 3.05) is 0 Å². The Morgan fingerprint density at radius 3 is 2.67 bits per heavy atom.